The van der Waals surface area contributed by atoms with Crippen molar-refractivity contribution in [1.82, 2.24) is 0 Å². The minimum atomic E-state index is -0.0284. The first kappa shape index (κ1) is 14.4. The molecule has 0 spiro atoms. The van der Waals surface area contributed by atoms with Gasteiger partial charge in [-0.2, -0.15) is 0 Å². The molecule has 2 aromatic rings. The summed E-state index contributed by atoms with van der Waals surface area (Å²) in [6, 6.07) is 8.42. The number of halogens is 3. The van der Waals surface area contributed by atoms with Gasteiger partial charge in [0.2, 0.25) is 0 Å². The normalized spacial score (nSPS) is 12.7. The number of thiophene rings is 1. The molecule has 1 aromatic carbocycles. The zero-order chi connectivity index (χ0) is 13.3. The van der Waals surface area contributed by atoms with Crippen molar-refractivity contribution >= 4 is 50.5 Å². The second-order valence-corrected chi connectivity index (χ2v) is 7.71. The van der Waals surface area contributed by atoms with Gasteiger partial charge in [-0.1, -0.05) is 35.4 Å². The van der Waals surface area contributed by atoms with Crippen LogP contribution in [-0.4, -0.2) is 0 Å². The molecule has 0 N–H and O–H groups in total. The lowest BCUT2D eigenvalue weighted by Crippen LogP contribution is -1.96. The first-order valence-corrected chi connectivity index (χ1v) is 8.04. The topological polar surface area (TPSA) is 0 Å². The fraction of sp³-hybridized carbons (Fsp3) is 0.286. The van der Waals surface area contributed by atoms with Crippen molar-refractivity contribution in [3.8, 4) is 0 Å². The van der Waals surface area contributed by atoms with Crippen molar-refractivity contribution in [3.63, 3.8) is 0 Å². The van der Waals surface area contributed by atoms with Gasteiger partial charge >= 0.3 is 0 Å². The summed E-state index contributed by atoms with van der Waals surface area (Å²) in [5, 5.41) is 0.709. The molecule has 0 aliphatic carbocycles. The van der Waals surface area contributed by atoms with Crippen LogP contribution in [0.5, 0.6) is 0 Å². The van der Waals surface area contributed by atoms with Crippen LogP contribution in [0.4, 0.5) is 0 Å². The molecule has 1 atom stereocenters. The average Bonchev–Trinajstić information content (AvgIpc) is 2.64. The standard InChI is InChI=1S/C14H13BrCl2S/c1-8-3-4-9(2)10(5-8)6-11(16)13-7-12(17)14(15)18-13/h3-5,7,11H,6H2,1-2H3. The van der Waals surface area contributed by atoms with Crippen LogP contribution in [0.15, 0.2) is 28.1 Å². The molecule has 0 bridgehead atoms. The Morgan fingerprint density at radius 2 is 2.00 bits per heavy atom. The SMILES string of the molecule is Cc1ccc(C)c(CC(Cl)c2cc(Cl)c(Br)s2)c1. The van der Waals surface area contributed by atoms with Gasteiger partial charge in [0.05, 0.1) is 14.2 Å². The predicted molar refractivity (Wildman–Crippen MR) is 85.2 cm³/mol. The summed E-state index contributed by atoms with van der Waals surface area (Å²) in [6.45, 7) is 4.22. The predicted octanol–water partition coefficient (Wildman–Crippen LogP) is 6.30. The zero-order valence-corrected chi connectivity index (χ0v) is 14.1. The Labute approximate surface area is 130 Å². The van der Waals surface area contributed by atoms with Crippen LogP contribution in [0.3, 0.4) is 0 Å². The fourth-order valence-corrected chi connectivity index (χ4v) is 3.92. The number of aryl methyl sites for hydroxylation is 2. The first-order valence-electron chi connectivity index (χ1n) is 5.62. The molecule has 18 heavy (non-hydrogen) atoms. The highest BCUT2D eigenvalue weighted by molar-refractivity contribution is 9.11. The second kappa shape index (κ2) is 5.96. The van der Waals surface area contributed by atoms with E-state index in [9.17, 15) is 0 Å². The van der Waals surface area contributed by atoms with E-state index in [0.29, 0.717) is 0 Å². The summed E-state index contributed by atoms with van der Waals surface area (Å²) in [5.74, 6) is 0. The third-order valence-corrected chi connectivity index (χ3v) is 5.98. The minimum absolute atomic E-state index is 0.0284. The third-order valence-electron chi connectivity index (χ3n) is 2.88. The number of rotatable bonds is 3. The average molecular weight is 364 g/mol. The second-order valence-electron chi connectivity index (χ2n) is 4.37. The Balaban J connectivity index is 2.20. The molecule has 2 rings (SSSR count). The molecule has 4 heteroatoms. The van der Waals surface area contributed by atoms with Crippen LogP contribution in [0.2, 0.25) is 5.02 Å². The number of hydrogen-bond donors (Lipinski definition) is 0. The monoisotopic (exact) mass is 362 g/mol. The lowest BCUT2D eigenvalue weighted by atomic mass is 10.0. The lowest BCUT2D eigenvalue weighted by molar-refractivity contribution is 0.927. The van der Waals surface area contributed by atoms with E-state index in [4.69, 9.17) is 23.2 Å². The van der Waals surface area contributed by atoms with E-state index in [2.05, 4.69) is 48.0 Å². The maximum atomic E-state index is 6.48. The lowest BCUT2D eigenvalue weighted by Gasteiger charge is -2.11. The quantitative estimate of drug-likeness (QED) is 0.561. The molecule has 0 saturated carbocycles. The van der Waals surface area contributed by atoms with Crippen LogP contribution < -0.4 is 0 Å². The maximum Gasteiger partial charge on any atom is 0.0887 e. The largest absolute Gasteiger partial charge is 0.130 e. The summed E-state index contributed by atoms with van der Waals surface area (Å²) in [7, 11) is 0. The van der Waals surface area contributed by atoms with Gasteiger partial charge in [0.15, 0.2) is 0 Å². The van der Waals surface area contributed by atoms with Crippen molar-refractivity contribution in [3.05, 3.63) is 54.6 Å². The molecule has 0 saturated heterocycles. The molecule has 0 radical (unpaired) electrons. The summed E-state index contributed by atoms with van der Waals surface area (Å²) < 4.78 is 0.950. The van der Waals surface area contributed by atoms with Crippen molar-refractivity contribution in [1.29, 1.82) is 0 Å². The Morgan fingerprint density at radius 3 is 2.61 bits per heavy atom. The van der Waals surface area contributed by atoms with Gasteiger partial charge in [0.1, 0.15) is 0 Å². The molecule has 0 aliphatic rings. The Hall–Kier alpha value is -0.0200. The van der Waals surface area contributed by atoms with Crippen LogP contribution in [0, 0.1) is 13.8 Å². The maximum absolute atomic E-state index is 6.48. The number of hydrogen-bond acceptors (Lipinski definition) is 1. The smallest absolute Gasteiger partial charge is 0.0887 e. The van der Waals surface area contributed by atoms with Crippen LogP contribution in [0.25, 0.3) is 0 Å². The van der Waals surface area contributed by atoms with Crippen molar-refractivity contribution < 1.29 is 0 Å². The molecule has 96 valence electrons. The molecule has 0 amide bonds. The van der Waals surface area contributed by atoms with E-state index in [1.165, 1.54) is 16.7 Å². The van der Waals surface area contributed by atoms with E-state index >= 15 is 0 Å². The molecule has 1 unspecified atom stereocenters. The van der Waals surface area contributed by atoms with Gasteiger partial charge < -0.3 is 0 Å². The van der Waals surface area contributed by atoms with Crippen LogP contribution >= 0.6 is 50.5 Å². The van der Waals surface area contributed by atoms with E-state index in [-0.39, 0.29) is 5.38 Å². The van der Waals surface area contributed by atoms with E-state index in [0.717, 1.165) is 20.1 Å². The summed E-state index contributed by atoms with van der Waals surface area (Å²) in [4.78, 5) is 1.11. The highest BCUT2D eigenvalue weighted by atomic mass is 79.9. The van der Waals surface area contributed by atoms with Crippen LogP contribution in [-0.2, 0) is 6.42 Å². The van der Waals surface area contributed by atoms with Gasteiger partial charge in [-0.05, 0) is 53.4 Å². The Kier molecular flexibility index (Phi) is 4.76. The molecule has 0 fully saturated rings. The molecule has 0 nitrogen and oxygen atoms in total. The Morgan fingerprint density at radius 1 is 1.28 bits per heavy atom. The first-order chi connectivity index (χ1) is 8.47. The van der Waals surface area contributed by atoms with Gasteiger partial charge in [-0.15, -0.1) is 22.9 Å². The van der Waals surface area contributed by atoms with Crippen molar-refractivity contribution in [2.24, 2.45) is 0 Å². The third kappa shape index (κ3) is 3.30. The van der Waals surface area contributed by atoms with E-state index in [1.54, 1.807) is 11.3 Å². The van der Waals surface area contributed by atoms with Gasteiger partial charge in [0.25, 0.3) is 0 Å². The van der Waals surface area contributed by atoms with Crippen molar-refractivity contribution in [2.75, 3.05) is 0 Å². The fourth-order valence-electron chi connectivity index (χ4n) is 1.83. The number of alkyl halides is 1. The molecule has 1 aromatic heterocycles. The Bertz CT molecular complexity index is 543. The highest BCUT2D eigenvalue weighted by Gasteiger charge is 2.15. The summed E-state index contributed by atoms with van der Waals surface area (Å²) in [5.41, 5.74) is 3.86. The van der Waals surface area contributed by atoms with Crippen LogP contribution in [0.1, 0.15) is 26.9 Å². The highest BCUT2D eigenvalue weighted by Crippen LogP contribution is 2.39. The van der Waals surface area contributed by atoms with Gasteiger partial charge in [-0.25, -0.2) is 0 Å². The van der Waals surface area contributed by atoms with E-state index < -0.39 is 0 Å². The minimum Gasteiger partial charge on any atom is -0.130 e. The van der Waals surface area contributed by atoms with E-state index in [1.807, 2.05) is 6.07 Å². The zero-order valence-electron chi connectivity index (χ0n) is 10.1. The molecule has 1 heterocycles. The van der Waals surface area contributed by atoms with Gasteiger partial charge in [0, 0.05) is 4.88 Å². The summed E-state index contributed by atoms with van der Waals surface area (Å²) in [6.07, 6.45) is 0.832. The molecular formula is C14H13BrCl2S. The molecular weight excluding hydrogens is 351 g/mol. The summed E-state index contributed by atoms with van der Waals surface area (Å²) >= 11 is 17.5. The number of benzene rings is 1. The van der Waals surface area contributed by atoms with Gasteiger partial charge in [-0.3, -0.25) is 0 Å². The molecule has 0 aliphatic heterocycles. The van der Waals surface area contributed by atoms with Crippen molar-refractivity contribution in [2.45, 2.75) is 25.6 Å².